The van der Waals surface area contributed by atoms with Crippen LogP contribution in [0, 0.1) is 6.92 Å². The summed E-state index contributed by atoms with van der Waals surface area (Å²) in [6.07, 6.45) is 3.10. The van der Waals surface area contributed by atoms with Crippen LogP contribution in [0.3, 0.4) is 0 Å². The Morgan fingerprint density at radius 2 is 1.90 bits per heavy atom. The van der Waals surface area contributed by atoms with Crippen LogP contribution in [0.1, 0.15) is 53.4 Å². The van der Waals surface area contributed by atoms with Crippen molar-refractivity contribution in [2.45, 2.75) is 46.1 Å². The molecular formula is C26H28N2O3. The topological polar surface area (TPSA) is 62.6 Å². The number of aryl methyl sites for hydroxylation is 1. The third kappa shape index (κ3) is 4.88. The van der Waals surface area contributed by atoms with Crippen molar-refractivity contribution in [3.63, 3.8) is 0 Å². The first-order valence-electron chi connectivity index (χ1n) is 10.9. The fraction of sp³-hybridized carbons (Fsp3) is 0.308. The first-order valence-corrected chi connectivity index (χ1v) is 10.9. The monoisotopic (exact) mass is 416 g/mol. The van der Waals surface area contributed by atoms with E-state index in [2.05, 4.69) is 12.2 Å². The van der Waals surface area contributed by atoms with Crippen LogP contribution in [0.25, 0.3) is 11.3 Å². The van der Waals surface area contributed by atoms with Crippen molar-refractivity contribution >= 4 is 17.5 Å². The number of fused-ring (bicyclic) bond motifs is 1. The van der Waals surface area contributed by atoms with Crippen molar-refractivity contribution in [3.8, 4) is 11.3 Å². The van der Waals surface area contributed by atoms with Gasteiger partial charge in [-0.1, -0.05) is 43.2 Å². The lowest BCUT2D eigenvalue weighted by Crippen LogP contribution is -2.35. The van der Waals surface area contributed by atoms with E-state index in [9.17, 15) is 9.59 Å². The molecule has 1 aromatic heterocycles. The molecule has 0 unspecified atom stereocenters. The third-order valence-electron chi connectivity index (χ3n) is 5.64. The van der Waals surface area contributed by atoms with Gasteiger partial charge in [-0.05, 0) is 43.7 Å². The van der Waals surface area contributed by atoms with Crippen molar-refractivity contribution < 1.29 is 14.0 Å². The third-order valence-corrected chi connectivity index (χ3v) is 5.64. The van der Waals surface area contributed by atoms with E-state index >= 15 is 0 Å². The predicted molar refractivity (Wildman–Crippen MR) is 122 cm³/mol. The maximum atomic E-state index is 12.9. The summed E-state index contributed by atoms with van der Waals surface area (Å²) in [4.78, 5) is 26.8. The number of carbonyl (C=O) groups is 2. The highest BCUT2D eigenvalue weighted by Crippen LogP contribution is 2.31. The fourth-order valence-electron chi connectivity index (χ4n) is 3.84. The normalized spacial score (nSPS) is 13.0. The average Bonchev–Trinajstić information content (AvgIpc) is 3.21. The van der Waals surface area contributed by atoms with Crippen molar-refractivity contribution in [1.82, 2.24) is 4.90 Å². The lowest BCUT2D eigenvalue weighted by Gasteiger charge is -2.26. The highest BCUT2D eigenvalue weighted by Gasteiger charge is 2.25. The minimum Gasteiger partial charge on any atom is -0.461 e. The summed E-state index contributed by atoms with van der Waals surface area (Å²) in [5, 5.41) is 2.96. The van der Waals surface area contributed by atoms with Crippen LogP contribution >= 0.6 is 0 Å². The second kappa shape index (κ2) is 9.21. The molecule has 31 heavy (non-hydrogen) atoms. The maximum absolute atomic E-state index is 12.9. The van der Waals surface area contributed by atoms with Crippen molar-refractivity contribution in [3.05, 3.63) is 77.0 Å². The largest absolute Gasteiger partial charge is 0.461 e. The van der Waals surface area contributed by atoms with Gasteiger partial charge in [0.15, 0.2) is 0 Å². The maximum Gasteiger partial charge on any atom is 0.254 e. The predicted octanol–water partition coefficient (Wildman–Crippen LogP) is 5.58. The second-order valence-corrected chi connectivity index (χ2v) is 8.13. The molecule has 0 atom stereocenters. The highest BCUT2D eigenvalue weighted by molar-refractivity contribution is 5.94. The Morgan fingerprint density at radius 1 is 1.10 bits per heavy atom. The van der Waals surface area contributed by atoms with Gasteiger partial charge in [0.1, 0.15) is 11.5 Å². The van der Waals surface area contributed by atoms with Gasteiger partial charge in [-0.15, -0.1) is 0 Å². The molecule has 0 saturated carbocycles. The van der Waals surface area contributed by atoms with E-state index in [1.54, 1.807) is 0 Å². The lowest BCUT2D eigenvalue weighted by molar-refractivity contribution is -0.116. The smallest absolute Gasteiger partial charge is 0.254 e. The van der Waals surface area contributed by atoms with Gasteiger partial charge < -0.3 is 14.6 Å². The molecule has 0 fully saturated rings. The zero-order valence-electron chi connectivity index (χ0n) is 18.1. The van der Waals surface area contributed by atoms with Crippen LogP contribution in [0.5, 0.6) is 0 Å². The number of benzene rings is 2. The van der Waals surface area contributed by atoms with Gasteiger partial charge in [-0.25, -0.2) is 0 Å². The van der Waals surface area contributed by atoms with Gasteiger partial charge in [-0.3, -0.25) is 9.59 Å². The molecule has 5 heteroatoms. The molecule has 1 aliphatic heterocycles. The molecule has 2 aromatic carbocycles. The molecule has 0 spiro atoms. The first kappa shape index (κ1) is 20.9. The Morgan fingerprint density at radius 3 is 2.68 bits per heavy atom. The average molecular weight is 417 g/mol. The second-order valence-electron chi connectivity index (χ2n) is 8.13. The van der Waals surface area contributed by atoms with Gasteiger partial charge in [0.2, 0.25) is 5.91 Å². The van der Waals surface area contributed by atoms with E-state index in [1.165, 1.54) is 0 Å². The van der Waals surface area contributed by atoms with Gasteiger partial charge in [0, 0.05) is 48.3 Å². The summed E-state index contributed by atoms with van der Waals surface area (Å²) in [5.41, 5.74) is 4.58. The van der Waals surface area contributed by atoms with E-state index in [0.717, 1.165) is 46.7 Å². The van der Waals surface area contributed by atoms with Crippen molar-refractivity contribution in [2.24, 2.45) is 0 Å². The van der Waals surface area contributed by atoms with Gasteiger partial charge in [-0.2, -0.15) is 0 Å². The number of unbranched alkanes of at least 4 members (excludes halogenated alkanes) is 1. The van der Waals surface area contributed by atoms with Gasteiger partial charge in [0.25, 0.3) is 5.91 Å². The van der Waals surface area contributed by atoms with E-state index in [-0.39, 0.29) is 11.8 Å². The zero-order chi connectivity index (χ0) is 21.8. The van der Waals surface area contributed by atoms with Crippen LogP contribution in [0.15, 0.2) is 59.0 Å². The summed E-state index contributed by atoms with van der Waals surface area (Å²) in [6.45, 7) is 5.27. The van der Waals surface area contributed by atoms with Crippen LogP contribution in [-0.2, 0) is 17.8 Å². The summed E-state index contributed by atoms with van der Waals surface area (Å²) in [6, 6.07) is 17.4. The minimum atomic E-state index is 0.0306. The summed E-state index contributed by atoms with van der Waals surface area (Å²) in [5.74, 6) is 1.77. The summed E-state index contributed by atoms with van der Waals surface area (Å²) >= 11 is 0. The Hall–Kier alpha value is -3.34. The van der Waals surface area contributed by atoms with Crippen LogP contribution in [0.2, 0.25) is 0 Å². The highest BCUT2D eigenvalue weighted by atomic mass is 16.3. The number of anilines is 1. The Bertz CT molecular complexity index is 1080. The number of amides is 2. The van der Waals surface area contributed by atoms with Crippen molar-refractivity contribution in [2.75, 3.05) is 11.9 Å². The zero-order valence-corrected chi connectivity index (χ0v) is 18.1. The number of rotatable bonds is 6. The SMILES string of the molecule is CCCCC(=O)Nc1cccc(-c2cc3c(o2)CCN(C(=O)c2ccc(C)cc2)C3)c1. The molecule has 3 aromatic rings. The molecule has 4 rings (SSSR count). The molecular weight excluding hydrogens is 388 g/mol. The Labute approximate surface area is 183 Å². The number of hydrogen-bond acceptors (Lipinski definition) is 3. The molecule has 2 amide bonds. The van der Waals surface area contributed by atoms with E-state index in [1.807, 2.05) is 66.4 Å². The molecule has 5 nitrogen and oxygen atoms in total. The molecule has 2 heterocycles. The van der Waals surface area contributed by atoms with Crippen molar-refractivity contribution in [1.29, 1.82) is 0 Å². The summed E-state index contributed by atoms with van der Waals surface area (Å²) < 4.78 is 6.12. The quantitative estimate of drug-likeness (QED) is 0.570. The van der Waals surface area contributed by atoms with E-state index in [4.69, 9.17) is 4.42 Å². The number of furan rings is 1. The lowest BCUT2D eigenvalue weighted by atomic mass is 10.1. The van der Waals surface area contributed by atoms with E-state index in [0.29, 0.717) is 31.5 Å². The number of hydrogen-bond donors (Lipinski definition) is 1. The Balaban J connectivity index is 1.48. The van der Waals surface area contributed by atoms with Gasteiger partial charge >= 0.3 is 0 Å². The standard InChI is InChI=1S/C26H28N2O3/c1-3-4-8-25(29)27-22-7-5-6-20(15-22)24-16-21-17-28(14-13-23(21)31-24)26(30)19-11-9-18(2)10-12-19/h5-7,9-12,15-16H,3-4,8,13-14,17H2,1-2H3,(H,27,29). The Kier molecular flexibility index (Phi) is 6.21. The molecule has 1 aliphatic rings. The molecule has 0 radical (unpaired) electrons. The summed E-state index contributed by atoms with van der Waals surface area (Å²) in [7, 11) is 0. The van der Waals surface area contributed by atoms with Crippen LogP contribution in [-0.4, -0.2) is 23.3 Å². The number of nitrogens with one attached hydrogen (secondary N) is 1. The molecule has 160 valence electrons. The van der Waals surface area contributed by atoms with E-state index < -0.39 is 0 Å². The van der Waals surface area contributed by atoms with Crippen LogP contribution in [0.4, 0.5) is 5.69 Å². The molecule has 0 bridgehead atoms. The number of nitrogens with zero attached hydrogens (tertiary/aromatic N) is 1. The van der Waals surface area contributed by atoms with Crippen LogP contribution < -0.4 is 5.32 Å². The first-order chi connectivity index (χ1) is 15.0. The van der Waals surface area contributed by atoms with Gasteiger partial charge in [0.05, 0.1) is 0 Å². The minimum absolute atomic E-state index is 0.0306. The fourth-order valence-corrected chi connectivity index (χ4v) is 3.84. The molecule has 0 saturated heterocycles. The number of carbonyl (C=O) groups excluding carboxylic acids is 2. The molecule has 1 N–H and O–H groups in total. The molecule has 0 aliphatic carbocycles.